The molecule has 2 aromatic heterocycles. The summed E-state index contributed by atoms with van der Waals surface area (Å²) in [5.74, 6) is 0.554. The van der Waals surface area contributed by atoms with Crippen LogP contribution in [0.2, 0.25) is 0 Å². The Morgan fingerprint density at radius 3 is 2.65 bits per heavy atom. The summed E-state index contributed by atoms with van der Waals surface area (Å²) in [4.78, 5) is 12.4. The average Bonchev–Trinajstić information content (AvgIpc) is 2.81. The second-order valence-electron chi connectivity index (χ2n) is 5.60. The van der Waals surface area contributed by atoms with E-state index in [0.717, 1.165) is 12.7 Å². The smallest absolute Gasteiger partial charge is 0.195 e. The van der Waals surface area contributed by atoms with Crippen LogP contribution in [-0.4, -0.2) is 34.2 Å². The predicted molar refractivity (Wildman–Crippen MR) is 75.1 cm³/mol. The van der Waals surface area contributed by atoms with E-state index < -0.39 is 9.84 Å². The van der Waals surface area contributed by atoms with Crippen molar-refractivity contribution in [3.05, 3.63) is 12.7 Å². The molecule has 3 rings (SSSR count). The highest BCUT2D eigenvalue weighted by atomic mass is 32.2. The van der Waals surface area contributed by atoms with Gasteiger partial charge in [-0.2, -0.15) is 0 Å². The van der Waals surface area contributed by atoms with Crippen molar-refractivity contribution < 1.29 is 8.42 Å². The van der Waals surface area contributed by atoms with Gasteiger partial charge in [0.05, 0.1) is 6.33 Å². The van der Waals surface area contributed by atoms with Crippen molar-refractivity contribution in [2.75, 3.05) is 6.26 Å². The predicted octanol–water partition coefficient (Wildman–Crippen LogP) is 1.98. The van der Waals surface area contributed by atoms with Crippen LogP contribution in [0, 0.1) is 5.92 Å². The van der Waals surface area contributed by atoms with Gasteiger partial charge in [0.1, 0.15) is 11.8 Å². The van der Waals surface area contributed by atoms with E-state index in [2.05, 4.69) is 21.9 Å². The van der Waals surface area contributed by atoms with Crippen molar-refractivity contribution in [3.8, 4) is 0 Å². The quantitative estimate of drug-likeness (QED) is 0.791. The number of rotatable bonds is 2. The summed E-state index contributed by atoms with van der Waals surface area (Å²) in [6, 6.07) is 0.344. The van der Waals surface area contributed by atoms with Gasteiger partial charge in [0.15, 0.2) is 20.5 Å². The largest absolute Gasteiger partial charge is 0.312 e. The average molecular weight is 294 g/mol. The SMILES string of the molecule is CC1CCCCC1n1cnc2c(S(C)(=O)=O)ncnc21. The first-order valence-corrected chi connectivity index (χ1v) is 8.75. The number of imidazole rings is 1. The molecule has 7 heteroatoms. The summed E-state index contributed by atoms with van der Waals surface area (Å²) in [5, 5.41) is 0.0183. The van der Waals surface area contributed by atoms with Gasteiger partial charge in [-0.1, -0.05) is 19.8 Å². The number of nitrogens with zero attached hydrogens (tertiary/aromatic N) is 4. The van der Waals surface area contributed by atoms with Crippen LogP contribution in [0.1, 0.15) is 38.6 Å². The van der Waals surface area contributed by atoms with Crippen molar-refractivity contribution in [1.29, 1.82) is 0 Å². The first-order chi connectivity index (χ1) is 9.48. The standard InChI is InChI=1S/C13H18N4O2S/c1-9-5-3-4-6-10(9)17-8-16-11-12(17)14-7-15-13(11)20(2,18)19/h7-10H,3-6H2,1-2H3. The summed E-state index contributed by atoms with van der Waals surface area (Å²) in [6.45, 7) is 2.23. The van der Waals surface area contributed by atoms with Crippen molar-refractivity contribution >= 4 is 21.0 Å². The summed E-state index contributed by atoms with van der Waals surface area (Å²) >= 11 is 0. The lowest BCUT2D eigenvalue weighted by Gasteiger charge is -2.29. The van der Waals surface area contributed by atoms with E-state index in [1.54, 1.807) is 6.33 Å². The Balaban J connectivity index is 2.15. The van der Waals surface area contributed by atoms with Gasteiger partial charge in [0.2, 0.25) is 0 Å². The molecule has 0 aliphatic heterocycles. The van der Waals surface area contributed by atoms with Crippen LogP contribution in [-0.2, 0) is 9.84 Å². The summed E-state index contributed by atoms with van der Waals surface area (Å²) in [6.07, 6.45) is 8.90. The van der Waals surface area contributed by atoms with Crippen LogP contribution in [0.5, 0.6) is 0 Å². The Morgan fingerprint density at radius 2 is 1.95 bits per heavy atom. The van der Waals surface area contributed by atoms with E-state index in [9.17, 15) is 8.42 Å². The molecule has 0 spiro atoms. The van der Waals surface area contributed by atoms with Crippen LogP contribution in [0.3, 0.4) is 0 Å². The first-order valence-electron chi connectivity index (χ1n) is 6.86. The lowest BCUT2D eigenvalue weighted by atomic mass is 9.86. The number of sulfone groups is 1. The molecule has 0 amide bonds. The number of fused-ring (bicyclic) bond motifs is 1. The molecule has 0 bridgehead atoms. The van der Waals surface area contributed by atoms with Gasteiger partial charge in [-0.15, -0.1) is 0 Å². The van der Waals surface area contributed by atoms with Crippen LogP contribution >= 0.6 is 0 Å². The third kappa shape index (κ3) is 2.19. The molecule has 2 aromatic rings. The van der Waals surface area contributed by atoms with Gasteiger partial charge in [-0.3, -0.25) is 0 Å². The zero-order chi connectivity index (χ0) is 14.3. The molecule has 6 nitrogen and oxygen atoms in total. The summed E-state index contributed by atoms with van der Waals surface area (Å²) < 4.78 is 25.5. The minimum Gasteiger partial charge on any atom is -0.312 e. The monoisotopic (exact) mass is 294 g/mol. The molecule has 20 heavy (non-hydrogen) atoms. The normalized spacial score (nSPS) is 24.1. The van der Waals surface area contributed by atoms with Crippen LogP contribution in [0.4, 0.5) is 0 Å². The van der Waals surface area contributed by atoms with Gasteiger partial charge >= 0.3 is 0 Å². The molecule has 2 unspecified atom stereocenters. The third-order valence-corrected chi connectivity index (χ3v) is 5.10. The Kier molecular flexibility index (Phi) is 3.24. The zero-order valence-electron chi connectivity index (χ0n) is 11.7. The van der Waals surface area contributed by atoms with Gasteiger partial charge in [0, 0.05) is 12.3 Å². The molecule has 2 heterocycles. The second kappa shape index (κ2) is 4.80. The van der Waals surface area contributed by atoms with Crippen LogP contribution < -0.4 is 0 Å². The molecule has 1 aliphatic rings. The van der Waals surface area contributed by atoms with Gasteiger partial charge in [0.25, 0.3) is 0 Å². The van der Waals surface area contributed by atoms with E-state index in [0.29, 0.717) is 23.1 Å². The van der Waals surface area contributed by atoms with E-state index in [1.807, 2.05) is 4.57 Å². The fourth-order valence-electron chi connectivity index (χ4n) is 3.05. The highest BCUT2D eigenvalue weighted by Gasteiger charge is 2.26. The molecule has 1 aliphatic carbocycles. The van der Waals surface area contributed by atoms with Crippen LogP contribution in [0.25, 0.3) is 11.2 Å². The Morgan fingerprint density at radius 1 is 1.20 bits per heavy atom. The number of hydrogen-bond acceptors (Lipinski definition) is 5. The Bertz CT molecular complexity index is 738. The summed E-state index contributed by atoms with van der Waals surface area (Å²) in [5.41, 5.74) is 1.01. The fraction of sp³-hybridized carbons (Fsp3) is 0.615. The van der Waals surface area contributed by atoms with Gasteiger partial charge in [-0.25, -0.2) is 23.4 Å². The Labute approximate surface area is 118 Å². The highest BCUT2D eigenvalue weighted by Crippen LogP contribution is 2.35. The van der Waals surface area contributed by atoms with E-state index in [4.69, 9.17) is 0 Å². The maximum Gasteiger partial charge on any atom is 0.195 e. The van der Waals surface area contributed by atoms with Crippen molar-refractivity contribution in [2.45, 2.75) is 43.7 Å². The molecule has 0 aromatic carbocycles. The van der Waals surface area contributed by atoms with E-state index >= 15 is 0 Å². The minimum atomic E-state index is -3.39. The fourth-order valence-corrected chi connectivity index (χ4v) is 3.79. The first kappa shape index (κ1) is 13.5. The van der Waals surface area contributed by atoms with Gasteiger partial charge < -0.3 is 4.57 Å². The van der Waals surface area contributed by atoms with Crippen molar-refractivity contribution in [3.63, 3.8) is 0 Å². The van der Waals surface area contributed by atoms with Gasteiger partial charge in [-0.05, 0) is 18.8 Å². The lowest BCUT2D eigenvalue weighted by molar-refractivity contribution is 0.261. The maximum atomic E-state index is 11.8. The number of aromatic nitrogens is 4. The topological polar surface area (TPSA) is 77.7 Å². The maximum absolute atomic E-state index is 11.8. The van der Waals surface area contributed by atoms with Crippen molar-refractivity contribution in [1.82, 2.24) is 19.5 Å². The van der Waals surface area contributed by atoms with Crippen LogP contribution in [0.15, 0.2) is 17.7 Å². The molecule has 108 valence electrons. The summed E-state index contributed by atoms with van der Waals surface area (Å²) in [7, 11) is -3.39. The third-order valence-electron chi connectivity index (χ3n) is 4.10. The molecular weight excluding hydrogens is 276 g/mol. The highest BCUT2D eigenvalue weighted by molar-refractivity contribution is 7.90. The minimum absolute atomic E-state index is 0.0183. The molecule has 0 N–H and O–H groups in total. The number of hydrogen-bond donors (Lipinski definition) is 0. The molecule has 0 radical (unpaired) electrons. The molecule has 2 atom stereocenters. The zero-order valence-corrected chi connectivity index (χ0v) is 12.5. The van der Waals surface area contributed by atoms with Crippen molar-refractivity contribution in [2.24, 2.45) is 5.92 Å². The molecule has 0 saturated heterocycles. The molecule has 1 saturated carbocycles. The Hall–Kier alpha value is -1.50. The molecular formula is C13H18N4O2S. The lowest BCUT2D eigenvalue weighted by Crippen LogP contribution is -2.20. The second-order valence-corrected chi connectivity index (χ2v) is 7.54. The van der Waals surface area contributed by atoms with E-state index in [-0.39, 0.29) is 5.03 Å². The van der Waals surface area contributed by atoms with E-state index in [1.165, 1.54) is 25.6 Å². The molecule has 1 fully saturated rings.